The fourth-order valence-electron chi connectivity index (χ4n) is 1.04. The minimum atomic E-state index is 1.09. The predicted octanol–water partition coefficient (Wildman–Crippen LogP) is 3.23. The Morgan fingerprint density at radius 3 is 2.80 bits per heavy atom. The van der Waals surface area contributed by atoms with Crippen LogP contribution in [0.3, 0.4) is 0 Å². The Balaban J connectivity index is 2.62. The highest BCUT2D eigenvalue weighted by Crippen LogP contribution is 2.07. The maximum absolute atomic E-state index is 2.28. The molecule has 54 valence electrons. The van der Waals surface area contributed by atoms with Crippen LogP contribution in [0.4, 0.5) is 0 Å². The van der Waals surface area contributed by atoms with Gasteiger partial charge in [-0.15, -0.1) is 0 Å². The molecule has 0 aromatic rings. The van der Waals surface area contributed by atoms with E-state index in [9.17, 15) is 0 Å². The van der Waals surface area contributed by atoms with Crippen LogP contribution in [-0.2, 0) is 0 Å². The molecular weight excluding hydrogens is 120 g/mol. The molecule has 0 saturated heterocycles. The molecule has 0 saturated carbocycles. The Labute approximate surface area is 62.9 Å². The lowest BCUT2D eigenvalue weighted by atomic mass is 10.1. The predicted molar refractivity (Wildman–Crippen MR) is 45.9 cm³/mol. The molecule has 0 aromatic carbocycles. The molecule has 0 nitrogen and oxygen atoms in total. The quantitative estimate of drug-likeness (QED) is 0.483. The number of hydrogen-bond acceptors (Lipinski definition) is 0. The van der Waals surface area contributed by atoms with E-state index in [-0.39, 0.29) is 0 Å². The fraction of sp³-hybridized carbons (Fsp3) is 0.400. The van der Waals surface area contributed by atoms with Gasteiger partial charge in [-0.25, -0.2) is 0 Å². The van der Waals surface area contributed by atoms with Gasteiger partial charge in [-0.1, -0.05) is 42.9 Å². The second-order valence-corrected chi connectivity index (χ2v) is 2.48. The maximum atomic E-state index is 2.28. The van der Waals surface area contributed by atoms with Crippen molar-refractivity contribution in [1.29, 1.82) is 0 Å². The third-order valence-electron chi connectivity index (χ3n) is 1.70. The Hall–Kier alpha value is -0.780. The van der Waals surface area contributed by atoms with Crippen LogP contribution in [0.25, 0.3) is 0 Å². The monoisotopic (exact) mass is 134 g/mol. The molecule has 0 aromatic heterocycles. The lowest BCUT2D eigenvalue weighted by molar-refractivity contribution is 1.11. The van der Waals surface area contributed by atoms with E-state index >= 15 is 0 Å². The smallest absolute Gasteiger partial charge is 0.0163 e. The topological polar surface area (TPSA) is 0 Å². The fourth-order valence-corrected chi connectivity index (χ4v) is 1.04. The SMILES string of the molecule is CCC1=C/CC=CC/C=C\1. The van der Waals surface area contributed by atoms with Crippen LogP contribution in [0.15, 0.2) is 36.0 Å². The van der Waals surface area contributed by atoms with E-state index in [4.69, 9.17) is 0 Å². The molecule has 0 unspecified atom stereocenters. The molecule has 1 aliphatic rings. The lowest BCUT2D eigenvalue weighted by Gasteiger charge is -1.97. The third kappa shape index (κ3) is 2.22. The van der Waals surface area contributed by atoms with Crippen LogP contribution >= 0.6 is 0 Å². The molecule has 0 aliphatic heterocycles. The molecule has 0 radical (unpaired) electrons. The van der Waals surface area contributed by atoms with Gasteiger partial charge in [0.25, 0.3) is 0 Å². The highest BCUT2D eigenvalue weighted by Gasteiger charge is 1.87. The molecule has 0 amide bonds. The van der Waals surface area contributed by atoms with Crippen molar-refractivity contribution in [3.63, 3.8) is 0 Å². The summed E-state index contributed by atoms with van der Waals surface area (Å²) in [6, 6.07) is 0. The minimum absolute atomic E-state index is 1.09. The average molecular weight is 134 g/mol. The first-order valence-electron chi connectivity index (χ1n) is 3.94. The van der Waals surface area contributed by atoms with Gasteiger partial charge in [0.1, 0.15) is 0 Å². The zero-order valence-electron chi connectivity index (χ0n) is 6.51. The molecule has 0 spiro atoms. The van der Waals surface area contributed by atoms with E-state index in [0.717, 1.165) is 19.3 Å². The van der Waals surface area contributed by atoms with Crippen molar-refractivity contribution in [3.05, 3.63) is 36.0 Å². The molecule has 0 heteroatoms. The first-order chi connectivity index (χ1) is 4.93. The van der Waals surface area contributed by atoms with E-state index < -0.39 is 0 Å². The molecular formula is C10H14. The zero-order valence-corrected chi connectivity index (χ0v) is 6.51. The van der Waals surface area contributed by atoms with E-state index in [0.29, 0.717) is 0 Å². The zero-order chi connectivity index (χ0) is 7.23. The van der Waals surface area contributed by atoms with Gasteiger partial charge < -0.3 is 0 Å². The number of rotatable bonds is 1. The Morgan fingerprint density at radius 1 is 1.20 bits per heavy atom. The molecule has 0 N–H and O–H groups in total. The molecule has 1 rings (SSSR count). The summed E-state index contributed by atoms with van der Waals surface area (Å²) in [7, 11) is 0. The Kier molecular flexibility index (Phi) is 3.01. The van der Waals surface area contributed by atoms with Crippen molar-refractivity contribution in [2.45, 2.75) is 26.2 Å². The molecule has 0 atom stereocenters. The van der Waals surface area contributed by atoms with Gasteiger partial charge in [-0.05, 0) is 19.3 Å². The number of allylic oxidation sites excluding steroid dienone is 6. The average Bonchev–Trinajstić information content (AvgIpc) is 1.87. The first kappa shape index (κ1) is 7.33. The van der Waals surface area contributed by atoms with Gasteiger partial charge >= 0.3 is 0 Å². The van der Waals surface area contributed by atoms with Gasteiger partial charge in [0.15, 0.2) is 0 Å². The van der Waals surface area contributed by atoms with Crippen molar-refractivity contribution in [3.8, 4) is 0 Å². The summed E-state index contributed by atoms with van der Waals surface area (Å²) >= 11 is 0. The van der Waals surface area contributed by atoms with Crippen LogP contribution in [0.2, 0.25) is 0 Å². The van der Waals surface area contributed by atoms with Gasteiger partial charge in [-0.3, -0.25) is 0 Å². The van der Waals surface area contributed by atoms with Gasteiger partial charge in [0, 0.05) is 0 Å². The van der Waals surface area contributed by atoms with Crippen LogP contribution < -0.4 is 0 Å². The summed E-state index contributed by atoms with van der Waals surface area (Å²) in [5.74, 6) is 0. The largest absolute Gasteiger partial charge is 0.0844 e. The van der Waals surface area contributed by atoms with Crippen molar-refractivity contribution in [2.24, 2.45) is 0 Å². The lowest BCUT2D eigenvalue weighted by Crippen LogP contribution is -1.76. The molecule has 1 aliphatic carbocycles. The van der Waals surface area contributed by atoms with Crippen molar-refractivity contribution >= 4 is 0 Å². The number of hydrogen-bond donors (Lipinski definition) is 0. The Bertz CT molecular complexity index is 170. The summed E-state index contributed by atoms with van der Waals surface area (Å²) in [6.45, 7) is 2.20. The first-order valence-corrected chi connectivity index (χ1v) is 3.94. The van der Waals surface area contributed by atoms with Gasteiger partial charge in [0.05, 0.1) is 0 Å². The molecule has 0 bridgehead atoms. The summed E-state index contributed by atoms with van der Waals surface area (Å²) in [4.78, 5) is 0. The van der Waals surface area contributed by atoms with Crippen molar-refractivity contribution in [2.75, 3.05) is 0 Å². The highest BCUT2D eigenvalue weighted by molar-refractivity contribution is 5.21. The molecule has 0 heterocycles. The maximum Gasteiger partial charge on any atom is -0.0163 e. The van der Waals surface area contributed by atoms with Crippen LogP contribution in [0, 0.1) is 0 Å². The summed E-state index contributed by atoms with van der Waals surface area (Å²) < 4.78 is 0. The van der Waals surface area contributed by atoms with E-state index in [1.807, 2.05) is 0 Å². The third-order valence-corrected chi connectivity index (χ3v) is 1.70. The van der Waals surface area contributed by atoms with Crippen LogP contribution in [-0.4, -0.2) is 0 Å². The second kappa shape index (κ2) is 4.10. The van der Waals surface area contributed by atoms with Gasteiger partial charge in [-0.2, -0.15) is 0 Å². The molecule has 10 heavy (non-hydrogen) atoms. The van der Waals surface area contributed by atoms with Crippen molar-refractivity contribution in [1.82, 2.24) is 0 Å². The van der Waals surface area contributed by atoms with E-state index in [1.165, 1.54) is 5.57 Å². The Morgan fingerprint density at radius 2 is 2.00 bits per heavy atom. The van der Waals surface area contributed by atoms with Crippen molar-refractivity contribution < 1.29 is 0 Å². The normalized spacial score (nSPS) is 26.3. The minimum Gasteiger partial charge on any atom is -0.0844 e. The van der Waals surface area contributed by atoms with E-state index in [1.54, 1.807) is 0 Å². The second-order valence-electron chi connectivity index (χ2n) is 2.48. The van der Waals surface area contributed by atoms with Gasteiger partial charge in [0.2, 0.25) is 0 Å². The summed E-state index contributed by atoms with van der Waals surface area (Å²) in [5, 5.41) is 0. The summed E-state index contributed by atoms with van der Waals surface area (Å²) in [6.07, 6.45) is 14.5. The summed E-state index contributed by atoms with van der Waals surface area (Å²) in [5.41, 5.74) is 1.46. The molecule has 0 fully saturated rings. The standard InChI is InChI=1S/C10H14/c1-2-10-8-6-4-3-5-7-9-10/h3-4,7-9H,2,5-6H2,1H3/b4-3?,9-7-,10-8-. The van der Waals surface area contributed by atoms with Crippen LogP contribution in [0.5, 0.6) is 0 Å². The highest BCUT2D eigenvalue weighted by atomic mass is 13.9. The van der Waals surface area contributed by atoms with E-state index in [2.05, 4.69) is 37.3 Å². The van der Waals surface area contributed by atoms with Crippen LogP contribution in [0.1, 0.15) is 26.2 Å².